The molecule has 0 radical (unpaired) electrons. The minimum Gasteiger partial charge on any atom is -0.481 e. The number of urea groups is 1. The van der Waals surface area contributed by atoms with Crippen LogP contribution in [0.25, 0.3) is 22.0 Å². The highest BCUT2D eigenvalue weighted by molar-refractivity contribution is 8.76. The Hall–Kier alpha value is -11.7. The number of ether oxygens (including phenoxy) is 5. The Labute approximate surface area is 647 Å². The Morgan fingerprint density at radius 2 is 1.34 bits per heavy atom. The van der Waals surface area contributed by atoms with Gasteiger partial charge < -0.3 is 96.0 Å². The van der Waals surface area contributed by atoms with Gasteiger partial charge >= 0.3 is 36.1 Å². The lowest BCUT2D eigenvalue weighted by molar-refractivity contribution is -0.144. The number of carboxylic acids is 4. The second kappa shape index (κ2) is 43.0. The van der Waals surface area contributed by atoms with E-state index in [1.807, 2.05) is 4.57 Å². The van der Waals surface area contributed by atoms with E-state index in [1.54, 1.807) is 91.5 Å². The van der Waals surface area contributed by atoms with Crippen molar-refractivity contribution in [2.75, 3.05) is 38.0 Å². The van der Waals surface area contributed by atoms with Crippen LogP contribution in [-0.2, 0) is 94.8 Å². The first kappa shape index (κ1) is 85.9. The zero-order valence-corrected chi connectivity index (χ0v) is 62.2. The van der Waals surface area contributed by atoms with Crippen LogP contribution in [-0.4, -0.2) is 192 Å². The van der Waals surface area contributed by atoms with E-state index in [1.165, 1.54) is 16.7 Å². The Morgan fingerprint density at radius 1 is 0.652 bits per heavy atom. The number of nitrogens with zero attached hydrogens (tertiary/aromatic N) is 3. The number of benzene rings is 4. The number of hydrogen-bond acceptors (Lipinski definition) is 25. The summed E-state index contributed by atoms with van der Waals surface area (Å²) in [5, 5.41) is 63.7. The number of fused-ring (bicyclic) bond motifs is 6. The van der Waals surface area contributed by atoms with E-state index >= 15 is 0 Å². The van der Waals surface area contributed by atoms with E-state index in [-0.39, 0.29) is 116 Å². The van der Waals surface area contributed by atoms with Crippen LogP contribution in [0.15, 0.2) is 108 Å². The number of carbonyl (C=O) groups is 14. The van der Waals surface area contributed by atoms with Crippen LogP contribution >= 0.6 is 21.6 Å². The maximum absolute atomic E-state index is 14.4. The van der Waals surface area contributed by atoms with Crippen molar-refractivity contribution in [1.82, 2.24) is 46.0 Å². The summed E-state index contributed by atoms with van der Waals surface area (Å²) in [7, 11) is 2.03. The zero-order valence-electron chi connectivity index (χ0n) is 60.5. The zero-order chi connectivity index (χ0) is 80.8. The summed E-state index contributed by atoms with van der Waals surface area (Å²) in [4.78, 5) is 198. The third-order valence-electron chi connectivity index (χ3n) is 18.1. The van der Waals surface area contributed by atoms with Gasteiger partial charge in [0.1, 0.15) is 24.4 Å². The van der Waals surface area contributed by atoms with Crippen LogP contribution < -0.4 is 57.4 Å². The Bertz CT molecular complexity index is 4450. The maximum Gasteiger partial charge on any atom is 0.513 e. The first-order valence-corrected chi connectivity index (χ1v) is 38.3. The predicted molar refractivity (Wildman–Crippen MR) is 400 cm³/mol. The van der Waals surface area contributed by atoms with Crippen molar-refractivity contribution < 1.29 is 116 Å². The molecule has 0 unspecified atom stereocenters. The number of unbranched alkanes of at least 4 members (excludes halogenated alkanes) is 3. The van der Waals surface area contributed by atoms with Crippen molar-refractivity contribution in [3.63, 3.8) is 0 Å². The first-order chi connectivity index (χ1) is 53.8. The molecule has 7 atom stereocenters. The van der Waals surface area contributed by atoms with Crippen molar-refractivity contribution in [1.29, 1.82) is 0 Å². The number of pyridine rings is 1. The second-order valence-corrected chi connectivity index (χ2v) is 28.8. The molecule has 0 fully saturated rings. The van der Waals surface area contributed by atoms with E-state index in [0.29, 0.717) is 72.5 Å². The molecule has 3 heterocycles. The number of hydrogen-bond donors (Lipinski definition) is 12. The molecular weight excluding hydrogens is 1510 g/mol. The summed E-state index contributed by atoms with van der Waals surface area (Å²) in [6.45, 7) is -0.718. The number of aliphatic hydroxyl groups is 1. The number of ketones is 3. The van der Waals surface area contributed by atoms with E-state index in [9.17, 15) is 92.3 Å². The number of aliphatic carboxylic acids is 4. The number of amides is 6. The fraction of sp³-hybridized carbons (Fsp3) is 0.413. The highest BCUT2D eigenvalue weighted by Gasteiger charge is 2.38. The topological polar surface area (TPSA) is 524 Å². The predicted octanol–water partition coefficient (Wildman–Crippen LogP) is 4.19. The molecule has 598 valence electrons. The highest BCUT2D eigenvalue weighted by atomic mass is 33.1. The van der Waals surface area contributed by atoms with Gasteiger partial charge in [0.05, 0.1) is 55.0 Å². The molecule has 0 saturated heterocycles. The average Bonchev–Trinajstić information content (AvgIpc) is 1.55. The van der Waals surface area contributed by atoms with Gasteiger partial charge in [0, 0.05) is 116 Å². The van der Waals surface area contributed by atoms with Crippen molar-refractivity contribution >= 4 is 116 Å². The summed E-state index contributed by atoms with van der Waals surface area (Å²) in [6.07, 6.45) is 1.53. The van der Waals surface area contributed by atoms with Crippen LogP contribution in [0.1, 0.15) is 116 Å². The lowest BCUT2D eigenvalue weighted by Gasteiger charge is -2.23. The summed E-state index contributed by atoms with van der Waals surface area (Å²) in [5.41, 5.74) is 8.31. The van der Waals surface area contributed by atoms with E-state index in [0.717, 1.165) is 21.6 Å². The lowest BCUT2D eigenvalue weighted by atomic mass is 9.89. The molecule has 112 heavy (non-hydrogen) atoms. The van der Waals surface area contributed by atoms with Gasteiger partial charge in [-0.2, -0.15) is 0 Å². The number of aromatic nitrogens is 3. The summed E-state index contributed by atoms with van der Waals surface area (Å²) in [6, 6.07) is 16.3. The first-order valence-electron chi connectivity index (χ1n) is 35.8. The SMILES string of the molecule is N[C@@H](CNC(=O)[C@@H](CC(=O)[C@H](Cc1ccccc1)NC(=O)CCCCCCNC(=O)CC[C@H](NC(=O)N[C@@H](CCC(=O)O)OC=O)C(=O)O)Cc1ccccc1)C(=O)N[C@@H](CC(=O)O)C(=O)C[C@H](CSSCCOC(=O)Oc1cc2c3c(n(CCCn4ccnc4)c(=O)c2cc1CO)-c1cc2c(cc1C3=O)OCO2)C(=O)O. The number of nitrogens with two attached hydrogens (primary N) is 1. The Morgan fingerprint density at radius 3 is 2.00 bits per heavy atom. The van der Waals surface area contributed by atoms with Gasteiger partial charge in [0.2, 0.25) is 30.4 Å². The van der Waals surface area contributed by atoms with Crippen LogP contribution in [0.3, 0.4) is 0 Å². The molecule has 2 aromatic heterocycles. The van der Waals surface area contributed by atoms with E-state index in [4.69, 9.17) is 29.8 Å². The Kier molecular flexibility index (Phi) is 33.0. The standard InChI is InChI=1S/C75H86N10O25S2/c76-52(37-79-69(97)45(28-43-12-5-3-6-13-43)31-56(88)54(29-44-14-7-4-8-15-44)80-62(91)16-9-1-2-10-21-78-61(90)18-17-53(73(102)103)82-74(104)83-63(107-41-87)19-20-64(92)93)70(98)81-55(36-65(94)95)57(89)32-47(72(100)101)39-112-111-27-26-106-75(105)110-58-33-48-51(30-46(58)38-86)71(99)85(24-11-23-84-25-22-77-40-84)67-49-34-59-60(109-42-108-59)35-50(49)68(96)66(48)67/h3-8,12-15,22,25,30,33-35,40-41,45,47,52-55,63,86H,1-2,9-11,16-21,23-24,26-29,31-32,36-39,42,76H2,(H,78,90)(H,79,97)(H,80,91)(H,81,98)(H,92,93)(H,94,95)(H,100,101)(H,102,103)(H2,82,83,104)/t45-,47-,52+,53+,54+,55+,63-/m1/s1. The fourth-order valence-electron chi connectivity index (χ4n) is 12.3. The van der Waals surface area contributed by atoms with E-state index < -0.39 is 164 Å². The molecule has 1 aliphatic carbocycles. The number of aliphatic hydroxyl groups excluding tert-OH is 1. The highest BCUT2D eigenvalue weighted by Crippen LogP contribution is 2.47. The molecule has 0 bridgehead atoms. The number of Topliss-reactive ketones (excluding diaryl/α,β-unsaturated/α-hetero) is 2. The third-order valence-corrected chi connectivity index (χ3v) is 20.5. The molecule has 6 aromatic rings. The van der Waals surface area contributed by atoms with Crippen LogP contribution in [0, 0.1) is 11.8 Å². The van der Waals surface area contributed by atoms with Crippen LogP contribution in [0.5, 0.6) is 17.2 Å². The van der Waals surface area contributed by atoms with Gasteiger partial charge in [-0.05, 0) is 73.9 Å². The summed E-state index contributed by atoms with van der Waals surface area (Å²) < 4.78 is 30.0. The molecular formula is C75H86N10O25S2. The fourth-order valence-corrected chi connectivity index (χ4v) is 14.5. The van der Waals surface area contributed by atoms with Crippen LogP contribution in [0.4, 0.5) is 9.59 Å². The molecule has 0 saturated carbocycles. The Balaban J connectivity index is 0.786. The molecule has 4 aromatic carbocycles. The normalized spacial score (nSPS) is 13.6. The van der Waals surface area contributed by atoms with Gasteiger partial charge in [0.25, 0.3) is 12.0 Å². The molecule has 13 N–H and O–H groups in total. The number of rotatable bonds is 49. The molecule has 1 aliphatic heterocycles. The molecule has 37 heteroatoms. The smallest absolute Gasteiger partial charge is 0.481 e. The summed E-state index contributed by atoms with van der Waals surface area (Å²) >= 11 is 0. The average molecular weight is 1590 g/mol. The monoisotopic (exact) mass is 1590 g/mol. The van der Waals surface area contributed by atoms with Crippen molar-refractivity contribution in [3.8, 4) is 28.5 Å². The minimum atomic E-state index is -1.77. The molecule has 0 spiro atoms. The minimum absolute atomic E-state index is 0.00635. The van der Waals surface area contributed by atoms with E-state index in [2.05, 4.69) is 41.6 Å². The van der Waals surface area contributed by atoms with Gasteiger partial charge in [-0.25, -0.2) is 19.4 Å². The number of aryl methyl sites for hydroxylation is 1. The molecule has 35 nitrogen and oxygen atoms in total. The number of imidazole rings is 1. The van der Waals surface area contributed by atoms with Gasteiger partial charge in [-0.15, -0.1) is 0 Å². The van der Waals surface area contributed by atoms with Crippen molar-refractivity contribution in [3.05, 3.63) is 142 Å². The van der Waals surface area contributed by atoms with Crippen LogP contribution in [0.2, 0.25) is 0 Å². The van der Waals surface area contributed by atoms with Gasteiger partial charge in [-0.1, -0.05) is 95.1 Å². The molecule has 2 aliphatic rings. The number of carbonyl (C=O) groups excluding carboxylic acids is 10. The molecule has 6 amide bonds. The van der Waals surface area contributed by atoms with Gasteiger partial charge in [0.15, 0.2) is 35.1 Å². The maximum atomic E-state index is 14.4. The lowest BCUT2D eigenvalue weighted by Crippen LogP contribution is -2.53. The number of nitrogens with one attached hydrogen (secondary N) is 6. The second-order valence-electron chi connectivity index (χ2n) is 26.2. The third kappa shape index (κ3) is 25.7. The van der Waals surface area contributed by atoms with Crippen molar-refractivity contribution in [2.45, 2.75) is 146 Å². The summed E-state index contributed by atoms with van der Waals surface area (Å²) in [5.74, 6) is -12.4. The quantitative estimate of drug-likeness (QED) is 0.00635. The number of carboxylic acid groups (broad SMARTS) is 4. The van der Waals surface area contributed by atoms with Crippen molar-refractivity contribution in [2.24, 2.45) is 17.6 Å². The largest absolute Gasteiger partial charge is 0.513 e. The van der Waals surface area contributed by atoms with Gasteiger partial charge in [-0.3, -0.25) is 57.5 Å². The molecule has 8 rings (SSSR count).